The summed E-state index contributed by atoms with van der Waals surface area (Å²) in [6.45, 7) is 0.450. The highest BCUT2D eigenvalue weighted by molar-refractivity contribution is 5.93. The second kappa shape index (κ2) is 7.57. The SMILES string of the molecule is COc1ccc(C(=O)NCCc2ccn(-c3ccc(F)cc3)n2)cn1. The Morgan fingerprint density at radius 2 is 2.00 bits per heavy atom. The number of benzene rings is 1. The highest BCUT2D eigenvalue weighted by Gasteiger charge is 2.07. The fraction of sp³-hybridized carbons (Fsp3) is 0.167. The molecule has 0 aliphatic rings. The van der Waals surface area contributed by atoms with Crippen molar-refractivity contribution in [3.05, 3.63) is 71.9 Å². The van der Waals surface area contributed by atoms with Crippen LogP contribution in [0.1, 0.15) is 16.1 Å². The Hall–Kier alpha value is -3.22. The molecule has 1 N–H and O–H groups in total. The molecule has 0 saturated heterocycles. The fourth-order valence-electron chi connectivity index (χ4n) is 2.27. The number of ether oxygens (including phenoxy) is 1. The third-order valence-corrected chi connectivity index (χ3v) is 3.61. The van der Waals surface area contributed by atoms with Crippen molar-refractivity contribution >= 4 is 5.91 Å². The molecule has 0 spiro atoms. The number of halogens is 1. The summed E-state index contributed by atoms with van der Waals surface area (Å²) in [6.07, 6.45) is 3.86. The number of nitrogens with zero attached hydrogens (tertiary/aromatic N) is 3. The molecular weight excluding hydrogens is 323 g/mol. The van der Waals surface area contributed by atoms with Crippen molar-refractivity contribution in [1.29, 1.82) is 0 Å². The van der Waals surface area contributed by atoms with Gasteiger partial charge in [-0.2, -0.15) is 5.10 Å². The Kier molecular flexibility index (Phi) is 5.03. The summed E-state index contributed by atoms with van der Waals surface area (Å²) in [5, 5.41) is 7.24. The van der Waals surface area contributed by atoms with Crippen molar-refractivity contribution in [2.75, 3.05) is 13.7 Å². The number of aromatic nitrogens is 3. The van der Waals surface area contributed by atoms with Crippen molar-refractivity contribution in [1.82, 2.24) is 20.1 Å². The van der Waals surface area contributed by atoms with Crippen LogP contribution in [0.25, 0.3) is 5.69 Å². The zero-order chi connectivity index (χ0) is 17.6. The van der Waals surface area contributed by atoms with Crippen molar-refractivity contribution in [3.63, 3.8) is 0 Å². The minimum Gasteiger partial charge on any atom is -0.481 e. The van der Waals surface area contributed by atoms with Gasteiger partial charge >= 0.3 is 0 Å². The van der Waals surface area contributed by atoms with Crippen molar-refractivity contribution in [2.24, 2.45) is 0 Å². The van der Waals surface area contributed by atoms with Crippen LogP contribution < -0.4 is 10.1 Å². The third-order valence-electron chi connectivity index (χ3n) is 3.61. The van der Waals surface area contributed by atoms with E-state index in [1.54, 1.807) is 35.1 Å². The van der Waals surface area contributed by atoms with Gasteiger partial charge in [0.25, 0.3) is 5.91 Å². The first-order valence-corrected chi connectivity index (χ1v) is 7.74. The van der Waals surface area contributed by atoms with E-state index in [9.17, 15) is 9.18 Å². The van der Waals surface area contributed by atoms with E-state index < -0.39 is 0 Å². The summed E-state index contributed by atoms with van der Waals surface area (Å²) in [5.41, 5.74) is 2.08. The largest absolute Gasteiger partial charge is 0.481 e. The van der Waals surface area contributed by atoms with Gasteiger partial charge in [0, 0.05) is 31.4 Å². The second-order valence-electron chi connectivity index (χ2n) is 5.32. The van der Waals surface area contributed by atoms with Crippen molar-refractivity contribution < 1.29 is 13.9 Å². The number of pyridine rings is 1. The lowest BCUT2D eigenvalue weighted by atomic mass is 10.2. The van der Waals surface area contributed by atoms with Gasteiger partial charge in [-0.25, -0.2) is 14.1 Å². The van der Waals surface area contributed by atoms with Crippen molar-refractivity contribution in [3.8, 4) is 11.6 Å². The lowest BCUT2D eigenvalue weighted by Gasteiger charge is -2.05. The molecule has 1 amide bonds. The van der Waals surface area contributed by atoms with Crippen LogP contribution in [0.15, 0.2) is 54.9 Å². The number of rotatable bonds is 6. The molecule has 0 radical (unpaired) electrons. The highest BCUT2D eigenvalue weighted by atomic mass is 19.1. The van der Waals surface area contributed by atoms with E-state index >= 15 is 0 Å². The predicted octanol–water partition coefficient (Wildman–Crippen LogP) is 2.39. The summed E-state index contributed by atoms with van der Waals surface area (Å²) < 4.78 is 19.6. The summed E-state index contributed by atoms with van der Waals surface area (Å²) in [5.74, 6) is -0.0251. The van der Waals surface area contributed by atoms with E-state index in [4.69, 9.17) is 4.74 Å². The van der Waals surface area contributed by atoms with Gasteiger partial charge in [0.2, 0.25) is 5.88 Å². The Labute approximate surface area is 144 Å². The first-order valence-electron chi connectivity index (χ1n) is 7.74. The smallest absolute Gasteiger partial charge is 0.252 e. The monoisotopic (exact) mass is 340 g/mol. The molecule has 0 atom stereocenters. The quantitative estimate of drug-likeness (QED) is 0.748. The summed E-state index contributed by atoms with van der Waals surface area (Å²) in [6, 6.07) is 11.3. The third kappa shape index (κ3) is 4.20. The molecule has 128 valence electrons. The Bertz CT molecular complexity index is 844. The van der Waals surface area contributed by atoms with Gasteiger partial charge in [0.05, 0.1) is 24.1 Å². The van der Waals surface area contributed by atoms with E-state index in [0.717, 1.165) is 11.4 Å². The van der Waals surface area contributed by atoms with Crippen LogP contribution in [0.3, 0.4) is 0 Å². The Morgan fingerprint density at radius 1 is 1.20 bits per heavy atom. The van der Waals surface area contributed by atoms with E-state index in [2.05, 4.69) is 15.4 Å². The summed E-state index contributed by atoms with van der Waals surface area (Å²) in [7, 11) is 1.52. The van der Waals surface area contributed by atoms with Gasteiger partial charge in [0.15, 0.2) is 0 Å². The first-order chi connectivity index (χ1) is 12.2. The van der Waals surface area contributed by atoms with Gasteiger partial charge in [0.1, 0.15) is 5.82 Å². The van der Waals surface area contributed by atoms with E-state index in [-0.39, 0.29) is 11.7 Å². The molecule has 0 fully saturated rings. The van der Waals surface area contributed by atoms with E-state index in [1.807, 2.05) is 6.07 Å². The van der Waals surface area contributed by atoms with Crippen LogP contribution in [0.2, 0.25) is 0 Å². The average molecular weight is 340 g/mol. The number of methoxy groups -OCH3 is 1. The molecule has 3 rings (SSSR count). The lowest BCUT2D eigenvalue weighted by molar-refractivity contribution is 0.0953. The normalized spacial score (nSPS) is 10.5. The molecule has 0 saturated carbocycles. The summed E-state index contributed by atoms with van der Waals surface area (Å²) in [4.78, 5) is 16.0. The van der Waals surface area contributed by atoms with Crippen LogP contribution in [-0.2, 0) is 6.42 Å². The molecule has 2 heterocycles. The first kappa shape index (κ1) is 16.6. The van der Waals surface area contributed by atoms with E-state index in [1.165, 1.54) is 25.4 Å². The van der Waals surface area contributed by atoms with Gasteiger partial charge < -0.3 is 10.1 Å². The molecule has 6 nitrogen and oxygen atoms in total. The Morgan fingerprint density at radius 3 is 2.68 bits per heavy atom. The number of carbonyl (C=O) groups is 1. The Balaban J connectivity index is 1.53. The zero-order valence-corrected chi connectivity index (χ0v) is 13.6. The lowest BCUT2D eigenvalue weighted by Crippen LogP contribution is -2.25. The summed E-state index contributed by atoms with van der Waals surface area (Å²) >= 11 is 0. The molecular formula is C18H17FN4O2. The van der Waals surface area contributed by atoms with Crippen LogP contribution in [0.4, 0.5) is 4.39 Å². The van der Waals surface area contributed by atoms with Crippen LogP contribution in [0, 0.1) is 5.82 Å². The molecule has 25 heavy (non-hydrogen) atoms. The molecule has 0 bridgehead atoms. The number of amides is 1. The van der Waals surface area contributed by atoms with Crippen molar-refractivity contribution in [2.45, 2.75) is 6.42 Å². The highest BCUT2D eigenvalue weighted by Crippen LogP contribution is 2.09. The standard InChI is InChI=1S/C18H17FN4O2/c1-25-17-7-2-13(12-21-17)18(24)20-10-8-15-9-11-23(22-15)16-5-3-14(19)4-6-16/h2-7,9,11-12H,8,10H2,1H3,(H,20,24). The van der Waals surface area contributed by atoms with Crippen LogP contribution in [0.5, 0.6) is 5.88 Å². The fourth-order valence-corrected chi connectivity index (χ4v) is 2.27. The van der Waals surface area contributed by atoms with Gasteiger partial charge in [-0.05, 0) is 36.4 Å². The molecule has 2 aromatic heterocycles. The number of carbonyl (C=O) groups excluding carboxylic acids is 1. The molecule has 0 unspecified atom stereocenters. The van der Waals surface area contributed by atoms with Gasteiger partial charge in [-0.1, -0.05) is 0 Å². The zero-order valence-electron chi connectivity index (χ0n) is 13.6. The second-order valence-corrected chi connectivity index (χ2v) is 5.32. The predicted molar refractivity (Wildman–Crippen MR) is 90.3 cm³/mol. The molecule has 0 aliphatic heterocycles. The maximum atomic E-state index is 13.0. The van der Waals surface area contributed by atoms with Crippen LogP contribution in [-0.4, -0.2) is 34.3 Å². The van der Waals surface area contributed by atoms with Crippen LogP contribution >= 0.6 is 0 Å². The van der Waals surface area contributed by atoms with Gasteiger partial charge in [-0.15, -0.1) is 0 Å². The number of hydrogen-bond donors (Lipinski definition) is 1. The minimum absolute atomic E-state index is 0.201. The molecule has 7 heteroatoms. The average Bonchev–Trinajstić information content (AvgIpc) is 3.11. The minimum atomic E-state index is -0.285. The maximum absolute atomic E-state index is 13.0. The van der Waals surface area contributed by atoms with E-state index in [0.29, 0.717) is 24.4 Å². The molecule has 3 aromatic rings. The topological polar surface area (TPSA) is 69.0 Å². The molecule has 1 aromatic carbocycles. The molecule has 0 aliphatic carbocycles. The number of nitrogens with one attached hydrogen (secondary N) is 1. The number of hydrogen-bond acceptors (Lipinski definition) is 4. The van der Waals surface area contributed by atoms with Gasteiger partial charge in [-0.3, -0.25) is 4.79 Å². The maximum Gasteiger partial charge on any atom is 0.252 e.